The van der Waals surface area contributed by atoms with Crippen LogP contribution in [0.5, 0.6) is 0 Å². The maximum Gasteiger partial charge on any atom is 0.328 e. The number of carbonyl (C=O) groups excluding carboxylic acids is 1. The zero-order valence-corrected chi connectivity index (χ0v) is 11.2. The van der Waals surface area contributed by atoms with E-state index in [1.54, 1.807) is 0 Å². The van der Waals surface area contributed by atoms with Crippen molar-refractivity contribution in [1.29, 1.82) is 0 Å². The van der Waals surface area contributed by atoms with Gasteiger partial charge in [-0.15, -0.1) is 0 Å². The molecule has 18 heavy (non-hydrogen) atoms. The Labute approximate surface area is 111 Å². The fourth-order valence-electron chi connectivity index (χ4n) is 2.01. The summed E-state index contributed by atoms with van der Waals surface area (Å²) in [7, 11) is 0. The Bertz CT molecular complexity index is 293. The van der Waals surface area contributed by atoms with Crippen LogP contribution in [0.4, 0.5) is 4.79 Å². The summed E-state index contributed by atoms with van der Waals surface area (Å²) in [6.07, 6.45) is 6.04. The van der Waals surface area contributed by atoms with Crippen molar-refractivity contribution < 1.29 is 19.8 Å². The molecule has 1 fully saturated rings. The molecule has 1 aliphatic carbocycles. The number of carbonyl (C=O) groups is 2. The molecule has 0 aromatic heterocycles. The summed E-state index contributed by atoms with van der Waals surface area (Å²) >= 11 is 1.85. The van der Waals surface area contributed by atoms with Crippen LogP contribution in [0.2, 0.25) is 0 Å². The molecule has 0 saturated heterocycles. The summed E-state index contributed by atoms with van der Waals surface area (Å²) in [6.45, 7) is -0.609. The summed E-state index contributed by atoms with van der Waals surface area (Å²) in [6, 6.07) is -1.67. The maximum atomic E-state index is 11.5. The third kappa shape index (κ3) is 4.73. The van der Waals surface area contributed by atoms with Crippen molar-refractivity contribution in [3.8, 4) is 0 Å². The first kappa shape index (κ1) is 15.1. The molecule has 7 heteroatoms. The van der Waals surface area contributed by atoms with Gasteiger partial charge in [0.2, 0.25) is 0 Å². The van der Waals surface area contributed by atoms with E-state index in [2.05, 4.69) is 16.9 Å². The van der Waals surface area contributed by atoms with Crippen molar-refractivity contribution in [2.75, 3.05) is 12.9 Å². The van der Waals surface area contributed by atoms with Crippen LogP contribution in [0.25, 0.3) is 0 Å². The number of hydrogen-bond acceptors (Lipinski definition) is 4. The van der Waals surface area contributed by atoms with Crippen LogP contribution in [0.15, 0.2) is 0 Å². The number of thioether (sulfide) groups is 1. The van der Waals surface area contributed by atoms with E-state index in [1.807, 2.05) is 11.8 Å². The molecule has 0 bridgehead atoms. The predicted molar refractivity (Wildman–Crippen MR) is 69.7 cm³/mol. The van der Waals surface area contributed by atoms with Crippen molar-refractivity contribution in [3.05, 3.63) is 0 Å². The van der Waals surface area contributed by atoms with Gasteiger partial charge in [-0.2, -0.15) is 11.8 Å². The molecule has 104 valence electrons. The SMILES string of the molecule is CSC1CCC(NC(=O)N[C@H](CO)C(=O)O)CC1. The third-order valence-corrected chi connectivity index (χ3v) is 4.27. The highest BCUT2D eigenvalue weighted by atomic mass is 32.2. The second kappa shape index (κ2) is 7.48. The van der Waals surface area contributed by atoms with Gasteiger partial charge in [-0.3, -0.25) is 0 Å². The molecule has 0 spiro atoms. The van der Waals surface area contributed by atoms with Crippen LogP contribution in [0.3, 0.4) is 0 Å². The van der Waals surface area contributed by atoms with Crippen molar-refractivity contribution in [2.24, 2.45) is 0 Å². The van der Waals surface area contributed by atoms with E-state index >= 15 is 0 Å². The van der Waals surface area contributed by atoms with Gasteiger partial charge in [0.05, 0.1) is 6.61 Å². The maximum absolute atomic E-state index is 11.5. The van der Waals surface area contributed by atoms with Gasteiger partial charge in [0.15, 0.2) is 6.04 Å². The number of aliphatic hydroxyl groups is 1. The summed E-state index contributed by atoms with van der Waals surface area (Å²) in [4.78, 5) is 22.2. The molecule has 1 saturated carbocycles. The van der Waals surface area contributed by atoms with E-state index in [0.717, 1.165) is 25.7 Å². The quantitative estimate of drug-likeness (QED) is 0.583. The van der Waals surface area contributed by atoms with Crippen LogP contribution in [-0.2, 0) is 4.79 Å². The van der Waals surface area contributed by atoms with E-state index in [-0.39, 0.29) is 6.04 Å². The summed E-state index contributed by atoms with van der Waals surface area (Å²) in [5.74, 6) is -1.24. The Morgan fingerprint density at radius 3 is 2.39 bits per heavy atom. The van der Waals surface area contributed by atoms with Gasteiger partial charge >= 0.3 is 12.0 Å². The molecular weight excluding hydrogens is 256 g/mol. The normalized spacial score (nSPS) is 25.2. The lowest BCUT2D eigenvalue weighted by atomic mass is 9.95. The lowest BCUT2D eigenvalue weighted by molar-refractivity contribution is -0.140. The first-order chi connectivity index (χ1) is 8.56. The van der Waals surface area contributed by atoms with Crippen LogP contribution < -0.4 is 10.6 Å². The molecule has 1 aliphatic rings. The van der Waals surface area contributed by atoms with Crippen molar-refractivity contribution >= 4 is 23.8 Å². The molecule has 0 aliphatic heterocycles. The van der Waals surface area contributed by atoms with Crippen molar-refractivity contribution in [1.82, 2.24) is 10.6 Å². The average molecular weight is 276 g/mol. The number of hydrogen-bond donors (Lipinski definition) is 4. The summed E-state index contributed by atoms with van der Waals surface area (Å²) < 4.78 is 0. The number of carboxylic acids is 1. The number of aliphatic hydroxyl groups excluding tert-OH is 1. The lowest BCUT2D eigenvalue weighted by Gasteiger charge is -2.28. The molecule has 6 nitrogen and oxygen atoms in total. The molecular formula is C11H20N2O4S. The molecule has 1 rings (SSSR count). The molecule has 0 aromatic carbocycles. The predicted octanol–water partition coefficient (Wildman–Crippen LogP) is 0.405. The van der Waals surface area contributed by atoms with Gasteiger partial charge in [-0.1, -0.05) is 0 Å². The Morgan fingerprint density at radius 1 is 1.33 bits per heavy atom. The highest BCUT2D eigenvalue weighted by molar-refractivity contribution is 7.99. The minimum absolute atomic E-state index is 0.0986. The number of urea groups is 1. The topological polar surface area (TPSA) is 98.7 Å². The number of rotatable bonds is 5. The van der Waals surface area contributed by atoms with E-state index < -0.39 is 24.6 Å². The fourth-order valence-corrected chi connectivity index (χ4v) is 2.76. The minimum atomic E-state index is -1.24. The first-order valence-corrected chi connectivity index (χ1v) is 7.29. The molecule has 0 unspecified atom stereocenters. The van der Waals surface area contributed by atoms with E-state index in [1.165, 1.54) is 0 Å². The number of carboxylic acid groups (broad SMARTS) is 1. The van der Waals surface area contributed by atoms with E-state index in [9.17, 15) is 9.59 Å². The van der Waals surface area contributed by atoms with Gasteiger partial charge < -0.3 is 20.8 Å². The molecule has 0 aromatic rings. The second-order valence-electron chi connectivity index (χ2n) is 4.40. The van der Waals surface area contributed by atoms with E-state index in [0.29, 0.717) is 5.25 Å². The molecule has 0 radical (unpaired) electrons. The average Bonchev–Trinajstić information content (AvgIpc) is 2.36. The Hall–Kier alpha value is -0.950. The number of nitrogens with one attached hydrogen (secondary N) is 2. The monoisotopic (exact) mass is 276 g/mol. The second-order valence-corrected chi connectivity index (χ2v) is 5.54. The molecule has 0 heterocycles. The van der Waals surface area contributed by atoms with Crippen LogP contribution in [-0.4, -0.2) is 52.4 Å². The zero-order chi connectivity index (χ0) is 13.5. The van der Waals surface area contributed by atoms with Gasteiger partial charge in [0.25, 0.3) is 0 Å². The van der Waals surface area contributed by atoms with Gasteiger partial charge in [0, 0.05) is 11.3 Å². The van der Waals surface area contributed by atoms with Crippen molar-refractivity contribution in [2.45, 2.75) is 43.0 Å². The lowest BCUT2D eigenvalue weighted by Crippen LogP contribution is -2.51. The number of amides is 2. The third-order valence-electron chi connectivity index (χ3n) is 3.13. The van der Waals surface area contributed by atoms with Crippen LogP contribution in [0, 0.1) is 0 Å². The Morgan fingerprint density at radius 2 is 1.94 bits per heavy atom. The zero-order valence-electron chi connectivity index (χ0n) is 10.4. The summed E-state index contributed by atoms with van der Waals surface area (Å²) in [5.41, 5.74) is 0. The van der Waals surface area contributed by atoms with Gasteiger partial charge in [0.1, 0.15) is 0 Å². The van der Waals surface area contributed by atoms with Crippen molar-refractivity contribution in [3.63, 3.8) is 0 Å². The van der Waals surface area contributed by atoms with Crippen LogP contribution >= 0.6 is 11.8 Å². The minimum Gasteiger partial charge on any atom is -0.480 e. The molecule has 4 N–H and O–H groups in total. The van der Waals surface area contributed by atoms with Crippen LogP contribution in [0.1, 0.15) is 25.7 Å². The Balaban J connectivity index is 2.30. The van der Waals surface area contributed by atoms with E-state index in [4.69, 9.17) is 10.2 Å². The molecule has 2 amide bonds. The largest absolute Gasteiger partial charge is 0.480 e. The highest BCUT2D eigenvalue weighted by Crippen LogP contribution is 2.26. The van der Waals surface area contributed by atoms with Gasteiger partial charge in [-0.25, -0.2) is 9.59 Å². The first-order valence-electron chi connectivity index (χ1n) is 6.00. The highest BCUT2D eigenvalue weighted by Gasteiger charge is 2.24. The summed E-state index contributed by atoms with van der Waals surface area (Å²) in [5, 5.41) is 23.1. The number of aliphatic carboxylic acids is 1. The smallest absolute Gasteiger partial charge is 0.328 e. The Kier molecular flexibility index (Phi) is 6.28. The fraction of sp³-hybridized carbons (Fsp3) is 0.818. The standard InChI is InChI=1S/C11H20N2O4S/c1-18-8-4-2-7(3-5-8)12-11(17)13-9(6-14)10(15)16/h7-9,14H,2-6H2,1H3,(H,15,16)(H2,12,13,17)/t7?,8?,9-/m1/s1. The molecule has 1 atom stereocenters. The van der Waals surface area contributed by atoms with Gasteiger partial charge in [-0.05, 0) is 31.9 Å².